The molecule has 1 N–H and O–H groups in total. The lowest BCUT2D eigenvalue weighted by Gasteiger charge is -2.33. The Labute approximate surface area is 180 Å². The topological polar surface area (TPSA) is 69.6 Å². The van der Waals surface area contributed by atoms with E-state index in [1.807, 2.05) is 0 Å². The van der Waals surface area contributed by atoms with Gasteiger partial charge in [-0.3, -0.25) is 0 Å². The monoisotopic (exact) mass is 446 g/mol. The van der Waals surface area contributed by atoms with Crippen LogP contribution < -0.4 is 4.90 Å². The molecule has 0 bridgehead atoms. The van der Waals surface area contributed by atoms with Crippen molar-refractivity contribution in [3.63, 3.8) is 0 Å². The lowest BCUT2D eigenvalue weighted by molar-refractivity contribution is -0.141. The summed E-state index contributed by atoms with van der Waals surface area (Å²) in [7, 11) is 0. The Morgan fingerprint density at radius 2 is 1.38 bits per heavy atom. The average Bonchev–Trinajstić information content (AvgIpc) is 2.79. The van der Waals surface area contributed by atoms with Gasteiger partial charge in [-0.1, -0.05) is 36.4 Å². The highest BCUT2D eigenvalue weighted by Gasteiger charge is 2.37. The van der Waals surface area contributed by atoms with E-state index in [9.17, 15) is 22.4 Å². The molecule has 3 aromatic rings. The average molecular weight is 446 g/mol. The fourth-order valence-electron chi connectivity index (χ4n) is 3.58. The number of amides is 1. The third kappa shape index (κ3) is 4.48. The second-order valence-electron chi connectivity index (χ2n) is 7.30. The largest absolute Gasteiger partial charge is 0.465 e. The van der Waals surface area contributed by atoms with Gasteiger partial charge in [0.05, 0.1) is 0 Å². The third-order valence-electron chi connectivity index (χ3n) is 5.30. The molecule has 0 aliphatic carbocycles. The fraction of sp³-hybridized carbons (Fsp3) is 0.227. The van der Waals surface area contributed by atoms with E-state index in [0.717, 1.165) is 11.1 Å². The molecule has 0 atom stereocenters. The molecule has 1 amide bonds. The summed E-state index contributed by atoms with van der Waals surface area (Å²) in [5.74, 6) is -0.125. The van der Waals surface area contributed by atoms with Gasteiger partial charge in [0.2, 0.25) is 0 Å². The summed E-state index contributed by atoms with van der Waals surface area (Å²) in [5.41, 5.74) is 0.561. The minimum Gasteiger partial charge on any atom is -0.465 e. The Morgan fingerprint density at radius 3 is 1.91 bits per heavy atom. The van der Waals surface area contributed by atoms with Crippen LogP contribution in [0, 0.1) is 5.82 Å². The Balaban J connectivity index is 1.66. The molecule has 1 saturated heterocycles. The van der Waals surface area contributed by atoms with E-state index in [1.54, 1.807) is 41.3 Å². The molecule has 32 heavy (non-hydrogen) atoms. The molecule has 166 valence electrons. The van der Waals surface area contributed by atoms with Crippen molar-refractivity contribution in [3.8, 4) is 22.3 Å². The van der Waals surface area contributed by atoms with E-state index in [2.05, 4.69) is 10.2 Å². The number of anilines is 1. The molecule has 0 radical (unpaired) electrons. The molecule has 0 unspecified atom stereocenters. The van der Waals surface area contributed by atoms with Gasteiger partial charge in [-0.2, -0.15) is 13.2 Å². The second kappa shape index (κ2) is 8.45. The van der Waals surface area contributed by atoms with Crippen LogP contribution in [-0.4, -0.2) is 52.5 Å². The zero-order valence-electron chi connectivity index (χ0n) is 16.7. The van der Waals surface area contributed by atoms with Gasteiger partial charge in [0.1, 0.15) is 5.82 Å². The van der Waals surface area contributed by atoms with Crippen LogP contribution in [0.15, 0.2) is 54.6 Å². The maximum atomic E-state index is 13.6. The number of benzene rings is 2. The van der Waals surface area contributed by atoms with Gasteiger partial charge < -0.3 is 14.9 Å². The first-order chi connectivity index (χ1) is 15.2. The number of carbonyl (C=O) groups is 1. The molecule has 1 aliphatic rings. The molecule has 2 aromatic carbocycles. The summed E-state index contributed by atoms with van der Waals surface area (Å²) in [4.78, 5) is 14.0. The van der Waals surface area contributed by atoms with Crippen molar-refractivity contribution in [2.75, 3.05) is 31.1 Å². The van der Waals surface area contributed by atoms with Crippen molar-refractivity contribution in [2.24, 2.45) is 0 Å². The molecule has 1 aliphatic heterocycles. The molecule has 1 aromatic heterocycles. The van der Waals surface area contributed by atoms with E-state index in [0.29, 0.717) is 18.7 Å². The van der Waals surface area contributed by atoms with E-state index in [1.165, 1.54) is 23.1 Å². The highest BCUT2D eigenvalue weighted by Crippen LogP contribution is 2.37. The molecule has 2 heterocycles. The van der Waals surface area contributed by atoms with Crippen molar-refractivity contribution in [1.82, 2.24) is 15.1 Å². The predicted octanol–water partition coefficient (Wildman–Crippen LogP) is 4.77. The van der Waals surface area contributed by atoms with E-state index >= 15 is 0 Å². The molecule has 1 fully saturated rings. The number of carboxylic acid groups (broad SMARTS) is 1. The van der Waals surface area contributed by atoms with E-state index in [-0.39, 0.29) is 30.3 Å². The maximum Gasteiger partial charge on any atom is 0.435 e. The maximum absolute atomic E-state index is 13.6. The summed E-state index contributed by atoms with van der Waals surface area (Å²) in [6, 6.07) is 13.6. The van der Waals surface area contributed by atoms with Crippen LogP contribution in [0.4, 0.5) is 28.2 Å². The molecule has 6 nitrogen and oxygen atoms in total. The molecular weight excluding hydrogens is 428 g/mol. The van der Waals surface area contributed by atoms with Crippen LogP contribution >= 0.6 is 0 Å². The highest BCUT2D eigenvalue weighted by atomic mass is 19.4. The van der Waals surface area contributed by atoms with Gasteiger partial charge in [0.25, 0.3) is 0 Å². The van der Waals surface area contributed by atoms with Crippen LogP contribution in [0.25, 0.3) is 22.3 Å². The number of hydrogen-bond donors (Lipinski definition) is 1. The minimum atomic E-state index is -4.70. The molecule has 0 saturated carbocycles. The number of aromatic nitrogens is 2. The quantitative estimate of drug-likeness (QED) is 0.587. The van der Waals surface area contributed by atoms with Gasteiger partial charge in [-0.25, -0.2) is 9.18 Å². The Kier molecular flexibility index (Phi) is 5.68. The lowest BCUT2D eigenvalue weighted by atomic mass is 9.99. The number of halogens is 4. The number of nitrogens with zero attached hydrogens (tertiary/aromatic N) is 4. The predicted molar refractivity (Wildman–Crippen MR) is 110 cm³/mol. The highest BCUT2D eigenvalue weighted by molar-refractivity contribution is 5.73. The van der Waals surface area contributed by atoms with Gasteiger partial charge in [-0.15, -0.1) is 10.2 Å². The zero-order valence-corrected chi connectivity index (χ0v) is 16.7. The van der Waals surface area contributed by atoms with Gasteiger partial charge in [0.15, 0.2) is 11.5 Å². The van der Waals surface area contributed by atoms with Crippen LogP contribution in [0.5, 0.6) is 0 Å². The molecule has 0 spiro atoms. The summed E-state index contributed by atoms with van der Waals surface area (Å²) >= 11 is 0. The molecule has 4 rings (SSSR count). The first-order valence-electron chi connectivity index (χ1n) is 9.76. The SMILES string of the molecule is O=C(O)N1CCN(c2cc(-c3ccc(-c4ccc(F)cc4)cc3)c(C(F)(F)F)nn2)CC1. The van der Waals surface area contributed by atoms with Crippen molar-refractivity contribution in [2.45, 2.75) is 6.18 Å². The zero-order chi connectivity index (χ0) is 22.9. The van der Waals surface area contributed by atoms with Crippen LogP contribution in [0.2, 0.25) is 0 Å². The van der Waals surface area contributed by atoms with E-state index < -0.39 is 18.0 Å². The number of alkyl halides is 3. The third-order valence-corrected chi connectivity index (χ3v) is 5.30. The Morgan fingerprint density at radius 1 is 0.844 bits per heavy atom. The fourth-order valence-corrected chi connectivity index (χ4v) is 3.58. The van der Waals surface area contributed by atoms with Crippen LogP contribution in [0.1, 0.15) is 5.69 Å². The van der Waals surface area contributed by atoms with E-state index in [4.69, 9.17) is 5.11 Å². The smallest absolute Gasteiger partial charge is 0.435 e. The minimum absolute atomic E-state index is 0.117. The van der Waals surface area contributed by atoms with Crippen LogP contribution in [0.3, 0.4) is 0 Å². The van der Waals surface area contributed by atoms with Gasteiger partial charge in [-0.05, 0) is 34.9 Å². The molecule has 10 heteroatoms. The van der Waals surface area contributed by atoms with Gasteiger partial charge in [0, 0.05) is 31.7 Å². The second-order valence-corrected chi connectivity index (χ2v) is 7.30. The summed E-state index contributed by atoms with van der Waals surface area (Å²) in [6.07, 6.45) is -5.73. The molecular formula is C22H18F4N4O2. The number of piperazine rings is 1. The number of rotatable bonds is 3. The standard InChI is InChI=1S/C22H18F4N4O2/c23-17-7-5-15(6-8-17)14-1-3-16(4-2-14)18-13-19(27-28-20(18)22(24,25)26)29-9-11-30(12-10-29)21(31)32/h1-8,13H,9-12H2,(H,31,32). The van der Waals surface area contributed by atoms with Crippen molar-refractivity contribution < 1.29 is 27.5 Å². The van der Waals surface area contributed by atoms with Crippen molar-refractivity contribution in [1.29, 1.82) is 0 Å². The Bertz CT molecular complexity index is 1110. The summed E-state index contributed by atoms with van der Waals surface area (Å²) in [5, 5.41) is 16.3. The number of hydrogen-bond acceptors (Lipinski definition) is 4. The summed E-state index contributed by atoms with van der Waals surface area (Å²) < 4.78 is 54.0. The van der Waals surface area contributed by atoms with Gasteiger partial charge >= 0.3 is 12.3 Å². The Hall–Kier alpha value is -3.69. The first kappa shape index (κ1) is 21.5. The van der Waals surface area contributed by atoms with Crippen molar-refractivity contribution >= 4 is 11.9 Å². The summed E-state index contributed by atoms with van der Waals surface area (Å²) in [6.45, 7) is 1.05. The first-order valence-corrected chi connectivity index (χ1v) is 9.76. The normalized spacial score (nSPS) is 14.5. The van der Waals surface area contributed by atoms with Crippen LogP contribution in [-0.2, 0) is 6.18 Å². The van der Waals surface area contributed by atoms with Crippen molar-refractivity contribution in [3.05, 3.63) is 66.1 Å². The lowest BCUT2D eigenvalue weighted by Crippen LogP contribution is -2.48.